The summed E-state index contributed by atoms with van der Waals surface area (Å²) < 4.78 is 71.8. The number of fused-ring (bicyclic) bond motifs is 4. The number of carbonyl (C=O) groups excluding carboxylic acids is 2. The first-order valence-corrected chi connectivity index (χ1v) is 15.5. The van der Waals surface area contributed by atoms with Crippen LogP contribution in [0.2, 0.25) is 0 Å². The van der Waals surface area contributed by atoms with Gasteiger partial charge in [0.15, 0.2) is 5.78 Å². The summed E-state index contributed by atoms with van der Waals surface area (Å²) in [6, 6.07) is 14.9. The van der Waals surface area contributed by atoms with E-state index < -0.39 is 41.4 Å². The number of ketones is 1. The van der Waals surface area contributed by atoms with Crippen molar-refractivity contribution < 1.29 is 36.6 Å². The van der Waals surface area contributed by atoms with Gasteiger partial charge in [0.2, 0.25) is 5.91 Å². The number of hydrogen-bond acceptors (Lipinski definition) is 4. The molecule has 0 aliphatic heterocycles. The number of aliphatic hydroxyl groups is 1. The molecule has 10 heteroatoms. The smallest absolute Gasteiger partial charge is 0.383 e. The standard InChI is InChI=1S/C35H37F5N2O3/c1-20(43)42-25-10-8-24(9-11-25)41-19-21-3-5-22(6-4-21)29-18-32(2)30(15-16-33(32,45)34(36,37)35(38,39)40)28-13-7-23-17-26(44)12-14-27(23)31(28)29/h3-6,8-11,17,28-30,41,45H,7,12-16,18-19H2,1-2H3,(H,42,43)/t28?,29-,30?,32+,33-/m1/s1. The molecular formula is C35H37F5N2O3. The average molecular weight is 629 g/mol. The second-order valence-corrected chi connectivity index (χ2v) is 13.3. The Balaban J connectivity index is 1.33. The molecule has 4 aliphatic carbocycles. The minimum atomic E-state index is -5.88. The molecule has 5 atom stereocenters. The van der Waals surface area contributed by atoms with Crippen LogP contribution in [0.1, 0.15) is 75.8 Å². The zero-order valence-corrected chi connectivity index (χ0v) is 25.2. The lowest BCUT2D eigenvalue weighted by molar-refractivity contribution is -0.362. The first-order valence-electron chi connectivity index (χ1n) is 15.5. The van der Waals surface area contributed by atoms with Crippen LogP contribution in [0.25, 0.3) is 0 Å². The molecule has 6 rings (SSSR count). The van der Waals surface area contributed by atoms with Crippen molar-refractivity contribution >= 4 is 23.1 Å². The third-order valence-electron chi connectivity index (χ3n) is 10.8. The van der Waals surface area contributed by atoms with E-state index in [1.54, 1.807) is 18.2 Å². The highest BCUT2D eigenvalue weighted by Gasteiger charge is 2.79. The maximum absolute atomic E-state index is 15.2. The van der Waals surface area contributed by atoms with Crippen LogP contribution in [0.15, 0.2) is 71.3 Å². The van der Waals surface area contributed by atoms with Crippen molar-refractivity contribution in [3.63, 3.8) is 0 Å². The molecular weight excluding hydrogens is 591 g/mol. The lowest BCUT2D eigenvalue weighted by Gasteiger charge is -2.56. The van der Waals surface area contributed by atoms with Crippen LogP contribution >= 0.6 is 0 Å². The van der Waals surface area contributed by atoms with E-state index in [1.807, 2.05) is 36.4 Å². The van der Waals surface area contributed by atoms with Gasteiger partial charge in [-0.05, 0) is 103 Å². The summed E-state index contributed by atoms with van der Waals surface area (Å²) in [6.45, 7) is 3.35. The van der Waals surface area contributed by atoms with Gasteiger partial charge in [0, 0.05) is 42.6 Å². The number of anilines is 2. The second-order valence-electron chi connectivity index (χ2n) is 13.3. The van der Waals surface area contributed by atoms with Crippen molar-refractivity contribution in [3.8, 4) is 0 Å². The predicted molar refractivity (Wildman–Crippen MR) is 161 cm³/mol. The summed E-state index contributed by atoms with van der Waals surface area (Å²) in [7, 11) is 0. The Kier molecular flexibility index (Phi) is 7.74. The van der Waals surface area contributed by atoms with Crippen LogP contribution in [0.3, 0.4) is 0 Å². The van der Waals surface area contributed by atoms with E-state index in [0.29, 0.717) is 37.9 Å². The molecule has 3 N–H and O–H groups in total. The Labute approximate surface area is 259 Å². The molecule has 2 fully saturated rings. The molecule has 2 unspecified atom stereocenters. The van der Waals surface area contributed by atoms with E-state index in [1.165, 1.54) is 13.8 Å². The summed E-state index contributed by atoms with van der Waals surface area (Å²) in [5.74, 6) is -6.63. The van der Waals surface area contributed by atoms with Gasteiger partial charge in [-0.15, -0.1) is 0 Å². The van der Waals surface area contributed by atoms with Gasteiger partial charge in [0.1, 0.15) is 5.60 Å². The van der Waals surface area contributed by atoms with Crippen molar-refractivity contribution in [2.24, 2.45) is 17.3 Å². The van der Waals surface area contributed by atoms with Crippen molar-refractivity contribution in [1.82, 2.24) is 0 Å². The topological polar surface area (TPSA) is 78.4 Å². The maximum atomic E-state index is 15.2. The Morgan fingerprint density at radius 3 is 2.27 bits per heavy atom. The Morgan fingerprint density at radius 1 is 0.956 bits per heavy atom. The van der Waals surface area contributed by atoms with Gasteiger partial charge in [-0.3, -0.25) is 9.59 Å². The third kappa shape index (κ3) is 5.19. The number of carbonyl (C=O) groups is 2. The fourth-order valence-corrected chi connectivity index (χ4v) is 8.66. The fourth-order valence-electron chi connectivity index (χ4n) is 8.66. The molecule has 2 aromatic carbocycles. The van der Waals surface area contributed by atoms with Gasteiger partial charge in [0.25, 0.3) is 0 Å². The van der Waals surface area contributed by atoms with Crippen molar-refractivity contribution in [2.75, 3.05) is 10.6 Å². The fraction of sp³-hybridized carbons (Fsp3) is 0.486. The number of rotatable bonds is 6. The van der Waals surface area contributed by atoms with Crippen molar-refractivity contribution in [1.29, 1.82) is 0 Å². The first kappa shape index (κ1) is 31.5. The number of alkyl halides is 5. The molecule has 0 saturated heterocycles. The van der Waals surface area contributed by atoms with Crippen LogP contribution in [0, 0.1) is 17.3 Å². The lowest BCUT2D eigenvalue weighted by atomic mass is 9.50. The van der Waals surface area contributed by atoms with E-state index in [-0.39, 0.29) is 30.4 Å². The van der Waals surface area contributed by atoms with Gasteiger partial charge in [-0.25, -0.2) is 0 Å². The number of allylic oxidation sites excluding steroid dienone is 4. The summed E-state index contributed by atoms with van der Waals surface area (Å²) in [5, 5.41) is 17.5. The Morgan fingerprint density at radius 2 is 1.62 bits per heavy atom. The SMILES string of the molecule is CC(=O)Nc1ccc(NCc2ccc([C@H]3C[C@@]4(C)C(CC[C@]4(O)C(F)(F)C(F)(F)F)C4CCC5=CC(=O)CCC5=C43)cc2)cc1. The maximum Gasteiger partial charge on any atom is 0.456 e. The largest absolute Gasteiger partial charge is 0.456 e. The van der Waals surface area contributed by atoms with E-state index in [0.717, 1.165) is 33.5 Å². The van der Waals surface area contributed by atoms with E-state index in [4.69, 9.17) is 0 Å². The molecule has 0 heterocycles. The monoisotopic (exact) mass is 628 g/mol. The Bertz CT molecular complexity index is 1560. The number of halogens is 5. The van der Waals surface area contributed by atoms with Crippen LogP contribution in [-0.4, -0.2) is 34.5 Å². The summed E-state index contributed by atoms with van der Waals surface area (Å²) in [4.78, 5) is 23.5. The molecule has 0 aromatic heterocycles. The van der Waals surface area contributed by atoms with Crippen LogP contribution in [-0.2, 0) is 16.1 Å². The zero-order chi connectivity index (χ0) is 32.4. The molecule has 0 spiro atoms. The molecule has 5 nitrogen and oxygen atoms in total. The third-order valence-corrected chi connectivity index (χ3v) is 10.8. The van der Waals surface area contributed by atoms with E-state index >= 15 is 8.78 Å². The van der Waals surface area contributed by atoms with Gasteiger partial charge in [-0.1, -0.05) is 36.8 Å². The molecule has 0 radical (unpaired) electrons. The van der Waals surface area contributed by atoms with Crippen molar-refractivity contribution in [3.05, 3.63) is 82.5 Å². The minimum absolute atomic E-state index is 0.0470. The van der Waals surface area contributed by atoms with E-state index in [2.05, 4.69) is 10.6 Å². The summed E-state index contributed by atoms with van der Waals surface area (Å²) in [5.41, 5.74) is 1.40. The van der Waals surface area contributed by atoms with Crippen LogP contribution < -0.4 is 10.6 Å². The number of amides is 1. The van der Waals surface area contributed by atoms with Gasteiger partial charge in [-0.2, -0.15) is 22.0 Å². The number of nitrogens with one attached hydrogen (secondary N) is 2. The highest BCUT2D eigenvalue weighted by molar-refractivity contribution is 5.93. The van der Waals surface area contributed by atoms with Crippen molar-refractivity contribution in [2.45, 2.75) is 89.0 Å². The first-order chi connectivity index (χ1) is 21.1. The average Bonchev–Trinajstić information content (AvgIpc) is 3.27. The van der Waals surface area contributed by atoms with Gasteiger partial charge < -0.3 is 15.7 Å². The minimum Gasteiger partial charge on any atom is -0.383 e. The lowest BCUT2D eigenvalue weighted by Crippen LogP contribution is -2.65. The molecule has 2 aromatic rings. The van der Waals surface area contributed by atoms with Gasteiger partial charge in [0.05, 0.1) is 0 Å². The highest BCUT2D eigenvalue weighted by atomic mass is 19.4. The van der Waals surface area contributed by atoms with Crippen LogP contribution in [0.4, 0.5) is 33.3 Å². The molecule has 1 amide bonds. The molecule has 0 bridgehead atoms. The summed E-state index contributed by atoms with van der Waals surface area (Å²) in [6.07, 6.45) is -2.80. The number of benzene rings is 2. The molecule has 2 saturated carbocycles. The predicted octanol–water partition coefficient (Wildman–Crippen LogP) is 8.09. The zero-order valence-electron chi connectivity index (χ0n) is 25.2. The normalized spacial score (nSPS) is 29.8. The molecule has 45 heavy (non-hydrogen) atoms. The second kappa shape index (κ2) is 11.1. The van der Waals surface area contributed by atoms with E-state index in [9.17, 15) is 27.9 Å². The molecule has 4 aliphatic rings. The van der Waals surface area contributed by atoms with Crippen LogP contribution in [0.5, 0.6) is 0 Å². The Hall–Kier alpha value is -3.53. The number of hydrogen-bond donors (Lipinski definition) is 3. The molecule has 240 valence electrons. The van der Waals surface area contributed by atoms with Gasteiger partial charge >= 0.3 is 12.1 Å². The summed E-state index contributed by atoms with van der Waals surface area (Å²) >= 11 is 0. The quantitative estimate of drug-likeness (QED) is 0.283. The highest BCUT2D eigenvalue weighted by Crippen LogP contribution is 2.70.